The first-order chi connectivity index (χ1) is 14.6. The number of amidine groups is 1. The molecule has 0 unspecified atom stereocenters. The standard InChI is InChI=1S/C24H25N3O4/c1-24(2,3)31-21(28)14-30-20-10-8-19(9-11-20)27-23(29)18-7-5-15-12-17(22(25)26)6-4-16(15)13-18/h4-13H,14H2,1-3H3,(H3,25,26)(H,27,29). The van der Waals surface area contributed by atoms with E-state index in [9.17, 15) is 9.59 Å². The van der Waals surface area contributed by atoms with E-state index in [4.69, 9.17) is 20.6 Å². The maximum Gasteiger partial charge on any atom is 0.344 e. The molecule has 0 spiro atoms. The zero-order valence-corrected chi connectivity index (χ0v) is 17.7. The smallest absolute Gasteiger partial charge is 0.344 e. The number of carbonyl (C=O) groups is 2. The van der Waals surface area contributed by atoms with E-state index in [1.165, 1.54) is 0 Å². The molecule has 3 aromatic carbocycles. The van der Waals surface area contributed by atoms with E-state index in [1.54, 1.807) is 63.2 Å². The fourth-order valence-electron chi connectivity index (χ4n) is 2.91. The number of fused-ring (bicyclic) bond motifs is 1. The van der Waals surface area contributed by atoms with Gasteiger partial charge in [0.1, 0.15) is 17.2 Å². The van der Waals surface area contributed by atoms with E-state index in [0.29, 0.717) is 22.6 Å². The number of anilines is 1. The Kier molecular flexibility index (Phi) is 6.25. The van der Waals surface area contributed by atoms with Crippen molar-refractivity contribution in [2.75, 3.05) is 11.9 Å². The molecule has 0 radical (unpaired) electrons. The van der Waals surface area contributed by atoms with Crippen molar-refractivity contribution < 1.29 is 19.1 Å². The van der Waals surface area contributed by atoms with Gasteiger partial charge < -0.3 is 20.5 Å². The monoisotopic (exact) mass is 419 g/mol. The molecule has 0 aliphatic rings. The number of nitrogen functional groups attached to an aromatic ring is 1. The van der Waals surface area contributed by atoms with E-state index in [0.717, 1.165) is 10.8 Å². The van der Waals surface area contributed by atoms with Crippen LogP contribution in [0.25, 0.3) is 10.8 Å². The number of esters is 1. The molecule has 0 aliphatic carbocycles. The molecule has 4 N–H and O–H groups in total. The van der Waals surface area contributed by atoms with Crippen LogP contribution >= 0.6 is 0 Å². The van der Waals surface area contributed by atoms with Crippen LogP contribution in [0.3, 0.4) is 0 Å². The predicted octanol–water partition coefficient (Wildman–Crippen LogP) is 4.10. The van der Waals surface area contributed by atoms with Gasteiger partial charge in [0.2, 0.25) is 0 Å². The highest BCUT2D eigenvalue weighted by Crippen LogP contribution is 2.20. The van der Waals surface area contributed by atoms with Crippen molar-refractivity contribution in [3.63, 3.8) is 0 Å². The van der Waals surface area contributed by atoms with E-state index < -0.39 is 11.6 Å². The van der Waals surface area contributed by atoms with Gasteiger partial charge in [-0.3, -0.25) is 10.2 Å². The molecule has 160 valence electrons. The van der Waals surface area contributed by atoms with Crippen LogP contribution in [0.15, 0.2) is 60.7 Å². The molecule has 0 aromatic heterocycles. The molecule has 31 heavy (non-hydrogen) atoms. The fraction of sp³-hybridized carbons (Fsp3) is 0.208. The van der Waals surface area contributed by atoms with E-state index in [1.807, 2.05) is 18.2 Å². The maximum absolute atomic E-state index is 12.6. The van der Waals surface area contributed by atoms with Crippen LogP contribution in [0.4, 0.5) is 5.69 Å². The first kappa shape index (κ1) is 21.8. The largest absolute Gasteiger partial charge is 0.482 e. The average molecular weight is 419 g/mol. The third-order valence-corrected chi connectivity index (χ3v) is 4.30. The summed E-state index contributed by atoms with van der Waals surface area (Å²) in [5, 5.41) is 12.1. The van der Waals surface area contributed by atoms with E-state index >= 15 is 0 Å². The minimum atomic E-state index is -0.562. The van der Waals surface area contributed by atoms with Gasteiger partial charge in [-0.05, 0) is 74.0 Å². The first-order valence-electron chi connectivity index (χ1n) is 9.75. The number of carbonyl (C=O) groups excluding carboxylic acids is 2. The molecule has 0 saturated heterocycles. The van der Waals surface area contributed by atoms with Gasteiger partial charge in [-0.25, -0.2) is 4.79 Å². The van der Waals surface area contributed by atoms with Gasteiger partial charge in [0.15, 0.2) is 6.61 Å². The summed E-state index contributed by atoms with van der Waals surface area (Å²) in [5.74, 6) is -0.199. The number of nitrogens with two attached hydrogens (primary N) is 1. The van der Waals surface area contributed by atoms with Crippen molar-refractivity contribution in [1.29, 1.82) is 5.41 Å². The average Bonchev–Trinajstić information content (AvgIpc) is 2.71. The van der Waals surface area contributed by atoms with Crippen LogP contribution in [0.1, 0.15) is 36.7 Å². The minimum Gasteiger partial charge on any atom is -0.482 e. The summed E-state index contributed by atoms with van der Waals surface area (Å²) in [7, 11) is 0. The summed E-state index contributed by atoms with van der Waals surface area (Å²) in [4.78, 5) is 24.3. The van der Waals surface area contributed by atoms with Crippen LogP contribution in [0, 0.1) is 5.41 Å². The highest BCUT2D eigenvalue weighted by Gasteiger charge is 2.16. The first-order valence-corrected chi connectivity index (χ1v) is 9.75. The van der Waals surface area contributed by atoms with E-state index in [-0.39, 0.29) is 18.3 Å². The Hall–Kier alpha value is -3.87. The van der Waals surface area contributed by atoms with E-state index in [2.05, 4.69) is 5.32 Å². The summed E-state index contributed by atoms with van der Waals surface area (Å²) >= 11 is 0. The zero-order chi connectivity index (χ0) is 22.6. The summed E-state index contributed by atoms with van der Waals surface area (Å²) in [6.07, 6.45) is 0. The SMILES string of the molecule is CC(C)(C)OC(=O)COc1ccc(NC(=O)c2ccc3cc(C(=N)N)ccc3c2)cc1. The number of nitrogens with one attached hydrogen (secondary N) is 2. The van der Waals surface area contributed by atoms with Crippen molar-refractivity contribution in [3.8, 4) is 5.75 Å². The summed E-state index contributed by atoms with van der Waals surface area (Å²) < 4.78 is 10.6. The van der Waals surface area contributed by atoms with Crippen molar-refractivity contribution in [1.82, 2.24) is 0 Å². The van der Waals surface area contributed by atoms with Gasteiger partial charge >= 0.3 is 5.97 Å². The van der Waals surface area contributed by atoms with Gasteiger partial charge in [0.25, 0.3) is 5.91 Å². The molecule has 0 bridgehead atoms. The van der Waals surface area contributed by atoms with Crippen LogP contribution in [0.2, 0.25) is 0 Å². The molecule has 0 aliphatic heterocycles. The van der Waals surface area contributed by atoms with Crippen molar-refractivity contribution in [2.45, 2.75) is 26.4 Å². The van der Waals surface area contributed by atoms with Gasteiger partial charge in [-0.1, -0.05) is 18.2 Å². The molecule has 7 nitrogen and oxygen atoms in total. The molecule has 0 atom stereocenters. The number of ether oxygens (including phenoxy) is 2. The lowest BCUT2D eigenvalue weighted by molar-refractivity contribution is -0.157. The number of hydrogen-bond donors (Lipinski definition) is 3. The van der Waals surface area contributed by atoms with Crippen LogP contribution in [0.5, 0.6) is 5.75 Å². The number of benzene rings is 3. The summed E-state index contributed by atoms with van der Waals surface area (Å²) in [6.45, 7) is 5.19. The Morgan fingerprint density at radius 1 is 0.935 bits per heavy atom. The Labute approximate surface area is 180 Å². The Bertz CT molecular complexity index is 1130. The van der Waals surface area contributed by atoms with Gasteiger partial charge in [-0.2, -0.15) is 0 Å². The number of rotatable bonds is 6. The molecular weight excluding hydrogens is 394 g/mol. The molecule has 3 aromatic rings. The summed E-state index contributed by atoms with van der Waals surface area (Å²) in [5.41, 5.74) is 6.71. The Morgan fingerprint density at radius 2 is 1.52 bits per heavy atom. The topological polar surface area (TPSA) is 114 Å². The highest BCUT2D eigenvalue weighted by molar-refractivity contribution is 6.07. The summed E-state index contributed by atoms with van der Waals surface area (Å²) in [6, 6.07) is 17.5. The van der Waals surface area contributed by atoms with Crippen LogP contribution in [-0.4, -0.2) is 29.9 Å². The second-order valence-corrected chi connectivity index (χ2v) is 8.04. The highest BCUT2D eigenvalue weighted by atomic mass is 16.6. The van der Waals surface area contributed by atoms with Crippen molar-refractivity contribution in [2.24, 2.45) is 5.73 Å². The third-order valence-electron chi connectivity index (χ3n) is 4.30. The second kappa shape index (κ2) is 8.87. The number of hydrogen-bond acceptors (Lipinski definition) is 5. The Balaban J connectivity index is 1.62. The molecule has 0 fully saturated rings. The Morgan fingerprint density at radius 3 is 2.10 bits per heavy atom. The van der Waals surface area contributed by atoms with Gasteiger partial charge in [0, 0.05) is 16.8 Å². The molecule has 0 heterocycles. The second-order valence-electron chi connectivity index (χ2n) is 8.04. The third kappa shape index (κ3) is 6.05. The maximum atomic E-state index is 12.6. The zero-order valence-electron chi connectivity index (χ0n) is 17.7. The minimum absolute atomic E-state index is 0.00207. The number of amides is 1. The molecule has 7 heteroatoms. The lowest BCUT2D eigenvalue weighted by Gasteiger charge is -2.19. The molecule has 3 rings (SSSR count). The molecule has 0 saturated carbocycles. The lowest BCUT2D eigenvalue weighted by Crippen LogP contribution is -2.27. The van der Waals surface area contributed by atoms with Crippen molar-refractivity contribution in [3.05, 3.63) is 71.8 Å². The molecular formula is C24H25N3O4. The van der Waals surface area contributed by atoms with Crippen LogP contribution < -0.4 is 15.8 Å². The van der Waals surface area contributed by atoms with Crippen LogP contribution in [-0.2, 0) is 9.53 Å². The lowest BCUT2D eigenvalue weighted by atomic mass is 10.0. The van der Waals surface area contributed by atoms with Crippen molar-refractivity contribution >= 4 is 34.2 Å². The van der Waals surface area contributed by atoms with Gasteiger partial charge in [-0.15, -0.1) is 0 Å². The normalized spacial score (nSPS) is 11.1. The predicted molar refractivity (Wildman–Crippen MR) is 121 cm³/mol. The fourth-order valence-corrected chi connectivity index (χ4v) is 2.91. The molecule has 1 amide bonds. The quantitative estimate of drug-likeness (QED) is 0.316. The van der Waals surface area contributed by atoms with Gasteiger partial charge in [0.05, 0.1) is 0 Å².